The molecule has 1 aromatic heterocycles. The lowest BCUT2D eigenvalue weighted by atomic mass is 9.93. The molecule has 0 saturated carbocycles. The van der Waals surface area contributed by atoms with Crippen molar-refractivity contribution < 1.29 is 14.4 Å². The quantitative estimate of drug-likeness (QED) is 0.463. The summed E-state index contributed by atoms with van der Waals surface area (Å²) in [6.45, 7) is 0.211. The number of hydrogen-bond donors (Lipinski definition) is 3. The smallest absolute Gasteiger partial charge is 0.258 e. The second-order valence-electron chi connectivity index (χ2n) is 7.35. The molecule has 3 amide bonds. The highest BCUT2D eigenvalue weighted by Crippen LogP contribution is 2.19. The second kappa shape index (κ2) is 10.8. The highest BCUT2D eigenvalue weighted by molar-refractivity contribution is 6.33. The second-order valence-corrected chi connectivity index (χ2v) is 7.79. The SMILES string of the molecule is Bc1ccc(NC(=O)c2ccc(N(C)C(=O)CNC)cc2)c(C(=O)Nc2ccc(Cl)cn2)c1. The van der Waals surface area contributed by atoms with Crippen LogP contribution in [0.1, 0.15) is 20.7 Å². The summed E-state index contributed by atoms with van der Waals surface area (Å²) in [5, 5.41) is 8.77. The predicted molar refractivity (Wildman–Crippen MR) is 134 cm³/mol. The molecule has 2 aromatic carbocycles. The molecule has 0 unspecified atom stereocenters. The lowest BCUT2D eigenvalue weighted by Gasteiger charge is -2.17. The van der Waals surface area contributed by atoms with Gasteiger partial charge in [-0.15, -0.1) is 0 Å². The molecule has 8 nitrogen and oxygen atoms in total. The van der Waals surface area contributed by atoms with Gasteiger partial charge in [0.25, 0.3) is 11.8 Å². The van der Waals surface area contributed by atoms with Crippen molar-refractivity contribution in [1.29, 1.82) is 0 Å². The van der Waals surface area contributed by atoms with E-state index in [0.29, 0.717) is 33.3 Å². The fourth-order valence-corrected chi connectivity index (χ4v) is 3.14. The van der Waals surface area contributed by atoms with Crippen molar-refractivity contribution in [2.45, 2.75) is 0 Å². The van der Waals surface area contributed by atoms with Gasteiger partial charge in [-0.3, -0.25) is 14.4 Å². The fraction of sp³-hybridized carbons (Fsp3) is 0.130. The van der Waals surface area contributed by atoms with Crippen LogP contribution in [0.4, 0.5) is 17.2 Å². The van der Waals surface area contributed by atoms with Gasteiger partial charge in [0.15, 0.2) is 0 Å². The molecule has 0 aliphatic heterocycles. The van der Waals surface area contributed by atoms with Crippen LogP contribution >= 0.6 is 11.6 Å². The molecule has 0 aliphatic carbocycles. The largest absolute Gasteiger partial charge is 0.321 e. The molecular weight excluding hydrogens is 441 g/mol. The zero-order chi connectivity index (χ0) is 24.0. The molecule has 3 aromatic rings. The van der Waals surface area contributed by atoms with E-state index in [-0.39, 0.29) is 18.4 Å². The van der Waals surface area contributed by atoms with Crippen LogP contribution in [0.25, 0.3) is 0 Å². The van der Waals surface area contributed by atoms with Crippen LogP contribution in [0.3, 0.4) is 0 Å². The van der Waals surface area contributed by atoms with Gasteiger partial charge in [-0.05, 0) is 49.5 Å². The Morgan fingerprint density at radius 3 is 2.36 bits per heavy atom. The Labute approximate surface area is 197 Å². The summed E-state index contributed by atoms with van der Waals surface area (Å²) in [4.78, 5) is 43.3. The monoisotopic (exact) mass is 463 g/mol. The normalized spacial score (nSPS) is 10.4. The molecule has 0 spiro atoms. The average molecular weight is 464 g/mol. The van der Waals surface area contributed by atoms with Crippen LogP contribution in [0, 0.1) is 0 Å². The standard InChI is InChI=1S/C23H23BClN5O3/c1-26-13-21(31)30(2)17-7-3-14(4-8-17)22(32)28-19-9-5-15(24)11-18(19)23(33)29-20-10-6-16(25)12-27-20/h3-12,26H,13,24H2,1-2H3,(H,28,32)(H,27,29,33). The van der Waals surface area contributed by atoms with Crippen molar-refractivity contribution in [2.24, 2.45) is 0 Å². The Bertz CT molecular complexity index is 1170. The first-order valence-corrected chi connectivity index (χ1v) is 10.5. The molecule has 0 atom stereocenters. The Morgan fingerprint density at radius 1 is 1.00 bits per heavy atom. The molecule has 33 heavy (non-hydrogen) atoms. The van der Waals surface area contributed by atoms with Crippen LogP contribution in [-0.4, -0.2) is 51.2 Å². The van der Waals surface area contributed by atoms with Crippen LogP contribution in [0.15, 0.2) is 60.8 Å². The number of likely N-dealkylation sites (N-methyl/N-ethyl adjacent to an activating group) is 2. The lowest BCUT2D eigenvalue weighted by molar-refractivity contribution is -0.117. The summed E-state index contributed by atoms with van der Waals surface area (Å²) in [5.41, 5.74) is 2.58. The van der Waals surface area contributed by atoms with Gasteiger partial charge in [0.1, 0.15) is 13.7 Å². The van der Waals surface area contributed by atoms with Gasteiger partial charge >= 0.3 is 0 Å². The number of benzene rings is 2. The Kier molecular flexibility index (Phi) is 7.81. The van der Waals surface area contributed by atoms with E-state index < -0.39 is 5.91 Å². The number of aromatic nitrogens is 1. The van der Waals surface area contributed by atoms with E-state index in [1.807, 2.05) is 7.85 Å². The van der Waals surface area contributed by atoms with Crippen LogP contribution < -0.4 is 26.3 Å². The number of rotatable bonds is 7. The first-order chi connectivity index (χ1) is 15.8. The predicted octanol–water partition coefficient (Wildman–Crippen LogP) is 1.68. The van der Waals surface area contributed by atoms with Crippen molar-refractivity contribution in [1.82, 2.24) is 10.3 Å². The minimum Gasteiger partial charge on any atom is -0.321 e. The maximum absolute atomic E-state index is 12.8. The average Bonchev–Trinajstić information content (AvgIpc) is 2.81. The van der Waals surface area contributed by atoms with Crippen LogP contribution in [0.5, 0.6) is 0 Å². The molecular formula is C23H23BClN5O3. The van der Waals surface area contributed by atoms with Crippen molar-refractivity contribution in [3.63, 3.8) is 0 Å². The fourth-order valence-electron chi connectivity index (χ4n) is 3.03. The number of carbonyl (C=O) groups is 3. The number of hydrogen-bond acceptors (Lipinski definition) is 5. The van der Waals surface area contributed by atoms with Gasteiger partial charge in [-0.25, -0.2) is 4.98 Å². The molecule has 3 rings (SSSR count). The molecule has 3 N–H and O–H groups in total. The van der Waals surface area contributed by atoms with E-state index >= 15 is 0 Å². The molecule has 0 radical (unpaired) electrons. The Morgan fingerprint density at radius 2 is 1.73 bits per heavy atom. The van der Waals surface area contributed by atoms with E-state index in [1.165, 1.54) is 11.1 Å². The Hall–Kier alpha value is -3.69. The number of anilines is 3. The van der Waals surface area contributed by atoms with Crippen molar-refractivity contribution in [3.8, 4) is 0 Å². The first-order valence-electron chi connectivity index (χ1n) is 10.1. The zero-order valence-corrected chi connectivity index (χ0v) is 19.2. The van der Waals surface area contributed by atoms with Crippen LogP contribution in [0.2, 0.25) is 5.02 Å². The Balaban J connectivity index is 1.76. The molecule has 1 heterocycles. The van der Waals surface area contributed by atoms with Gasteiger partial charge in [-0.2, -0.15) is 0 Å². The third-order valence-electron chi connectivity index (χ3n) is 4.86. The first kappa shape index (κ1) is 24.0. The number of halogens is 1. The van der Waals surface area contributed by atoms with Crippen molar-refractivity contribution in [2.75, 3.05) is 36.2 Å². The van der Waals surface area contributed by atoms with E-state index in [4.69, 9.17) is 11.6 Å². The van der Waals surface area contributed by atoms with Gasteiger partial charge in [0.2, 0.25) is 5.91 Å². The summed E-state index contributed by atoms with van der Waals surface area (Å²) in [7, 11) is 5.22. The third-order valence-corrected chi connectivity index (χ3v) is 5.08. The highest BCUT2D eigenvalue weighted by Gasteiger charge is 2.16. The maximum atomic E-state index is 12.8. The van der Waals surface area contributed by atoms with Gasteiger partial charge in [-0.1, -0.05) is 29.2 Å². The maximum Gasteiger partial charge on any atom is 0.258 e. The summed E-state index contributed by atoms with van der Waals surface area (Å²) in [5.74, 6) is -0.548. The summed E-state index contributed by atoms with van der Waals surface area (Å²) in [6, 6.07) is 15.0. The number of nitrogens with zero attached hydrogens (tertiary/aromatic N) is 2. The lowest BCUT2D eigenvalue weighted by Crippen LogP contribution is -2.34. The molecule has 0 fully saturated rings. The number of amides is 3. The van der Waals surface area contributed by atoms with E-state index in [2.05, 4.69) is 20.9 Å². The highest BCUT2D eigenvalue weighted by atomic mass is 35.5. The van der Waals surface area contributed by atoms with Crippen LogP contribution in [-0.2, 0) is 4.79 Å². The molecule has 0 saturated heterocycles. The number of carbonyl (C=O) groups excluding carboxylic acids is 3. The summed E-state index contributed by atoms with van der Waals surface area (Å²) < 4.78 is 0. The summed E-state index contributed by atoms with van der Waals surface area (Å²) >= 11 is 5.84. The van der Waals surface area contributed by atoms with Crippen molar-refractivity contribution in [3.05, 3.63) is 76.9 Å². The molecule has 168 valence electrons. The van der Waals surface area contributed by atoms with E-state index in [1.54, 1.807) is 68.7 Å². The van der Waals surface area contributed by atoms with Gasteiger partial charge < -0.3 is 20.9 Å². The number of nitrogens with one attached hydrogen (secondary N) is 3. The summed E-state index contributed by atoms with van der Waals surface area (Å²) in [6.07, 6.45) is 1.43. The van der Waals surface area contributed by atoms with E-state index in [9.17, 15) is 14.4 Å². The van der Waals surface area contributed by atoms with Gasteiger partial charge in [0, 0.05) is 24.5 Å². The zero-order valence-electron chi connectivity index (χ0n) is 18.5. The van der Waals surface area contributed by atoms with Crippen molar-refractivity contribution >= 4 is 59.8 Å². The minimum atomic E-state index is -0.413. The minimum absolute atomic E-state index is 0.0970. The molecule has 0 aliphatic rings. The molecule has 10 heteroatoms. The van der Waals surface area contributed by atoms with E-state index in [0.717, 1.165) is 5.46 Å². The van der Waals surface area contributed by atoms with Gasteiger partial charge in [0.05, 0.1) is 22.8 Å². The topological polar surface area (TPSA) is 103 Å². The third kappa shape index (κ3) is 6.18. The number of pyridine rings is 1. The molecule has 0 bridgehead atoms.